The minimum atomic E-state index is -1.67. The summed E-state index contributed by atoms with van der Waals surface area (Å²) in [7, 11) is -9.55. The molecule has 0 bridgehead atoms. The molecule has 0 aromatic rings. The predicted molar refractivity (Wildman–Crippen MR) is 310 cm³/mol. The van der Waals surface area contributed by atoms with Gasteiger partial charge >= 0.3 is 52.6 Å². The van der Waals surface area contributed by atoms with E-state index in [4.69, 9.17) is 65.3 Å². The maximum Gasteiger partial charge on any atom is 2.00 e. The Labute approximate surface area is 444 Å². The standard InChI is InChI=1S/C12H29NSi3.2C6H11ClSi.C6H18NSi2.C4H5Cl.C4H8O.C2H6Cl2Si.CH4.Mg.Na.2H/c1-11-12(2)16(9,10)13(14(3,4)5)15(6,7)8;2*1-5-6(2)8(3,4)7;1-8(2,3)7-9(4,5)6;1-3-4(2)5;1-2-4-5-3-1;1-5(2,3)4;;;;;/h11H,1-2H2,3-10H3;2*5H,1-2H2,3-4H3;1-6H3;3H,1-2H2;1-4H2;1-2H3;1H4;;;;/q;;;-1;;;;;+2;+1;2*-1. The fourth-order valence-corrected chi connectivity index (χ4v) is 37.7. The molecule has 1 fully saturated rings. The van der Waals surface area contributed by atoms with E-state index in [0.29, 0.717) is 5.03 Å². The van der Waals surface area contributed by atoms with Gasteiger partial charge < -0.3 is 16.1 Å². The van der Waals surface area contributed by atoms with Crippen LogP contribution in [-0.2, 0) is 4.74 Å². The number of nitrogens with zero attached hydrogens (tertiary/aromatic N) is 2. The molecule has 0 atom stereocenters. The summed E-state index contributed by atoms with van der Waals surface area (Å²) in [6, 6.07) is 0. The average Bonchev–Trinajstić information content (AvgIpc) is 3.52. The van der Waals surface area contributed by atoms with Crippen LogP contribution in [0.4, 0.5) is 0 Å². The second-order valence-electron chi connectivity index (χ2n) is 19.1. The van der Waals surface area contributed by atoms with Crippen LogP contribution in [0.25, 0.3) is 4.65 Å². The Morgan fingerprint density at radius 3 is 0.831 bits per heavy atom. The van der Waals surface area contributed by atoms with Crippen LogP contribution in [-0.4, -0.2) is 103 Å². The summed E-state index contributed by atoms with van der Waals surface area (Å²) in [5.74, 6) is 0. The van der Waals surface area contributed by atoms with E-state index in [1.807, 2.05) is 45.4 Å². The number of hydrogen-bond acceptors (Lipinski definition) is 2. The zero-order chi connectivity index (χ0) is 47.0. The van der Waals surface area contributed by atoms with Crippen LogP contribution in [0.5, 0.6) is 0 Å². The maximum absolute atomic E-state index is 5.95. The summed E-state index contributed by atoms with van der Waals surface area (Å²) < 4.78 is 12.7. The molecule has 0 saturated carbocycles. The molecule has 1 saturated heterocycles. The molecule has 0 aromatic heterocycles. The Morgan fingerprint density at radius 2 is 0.763 bits per heavy atom. The Balaban J connectivity index is -0.0000000546. The Hall–Kier alpha value is 2.75. The van der Waals surface area contributed by atoms with E-state index in [9.17, 15) is 0 Å². The Bertz CT molecular complexity index is 1150. The smallest absolute Gasteiger partial charge is 1.00 e. The van der Waals surface area contributed by atoms with E-state index in [2.05, 4.69) is 148 Å². The minimum Gasteiger partial charge on any atom is -1.00 e. The molecular formula is C41H94Cl5MgN2NaOSi8. The molecule has 0 unspecified atom stereocenters. The molecule has 344 valence electrons. The van der Waals surface area contributed by atoms with E-state index in [0.717, 1.165) is 23.6 Å². The first-order chi connectivity index (χ1) is 24.3. The largest absolute Gasteiger partial charge is 2.00 e. The van der Waals surface area contributed by atoms with Crippen molar-refractivity contribution in [3.05, 3.63) is 102 Å². The number of rotatable bonds is 12. The van der Waals surface area contributed by atoms with Gasteiger partial charge in [-0.3, -0.25) is 0 Å². The fraction of sp³-hybridized carbons (Fsp3) is 0.610. The first-order valence-corrected chi connectivity index (χ1v) is 49.3. The molecule has 1 aliphatic rings. The SMILES string of the molecule is C.C1CCOC1.C=CC(=C)Cl.C=CC(=C)[Si](C)(C)Cl.C=CC(=C)[Si](C)(C)Cl.C=CC(=C)[Si](C)(C)N([Si](C)(C)C)[Si](C)(C)C.C[Si](C)(C)[N-][Si](C)(C)C.C[Si](C)(Cl)Cl.[H-].[H-].[Mg+2].[Na+]. The van der Waals surface area contributed by atoms with Gasteiger partial charge in [0, 0.05) is 18.2 Å². The molecule has 1 rings (SSSR count). The van der Waals surface area contributed by atoms with Crippen LogP contribution in [0.3, 0.4) is 0 Å². The van der Waals surface area contributed by atoms with Crippen molar-refractivity contribution in [2.75, 3.05) is 13.2 Å². The van der Waals surface area contributed by atoms with E-state index in [1.165, 1.54) is 24.1 Å². The van der Waals surface area contributed by atoms with Crippen LogP contribution in [0.15, 0.2) is 97.6 Å². The molecule has 59 heavy (non-hydrogen) atoms. The van der Waals surface area contributed by atoms with Crippen LogP contribution in [0.2, 0.25) is 131 Å². The van der Waals surface area contributed by atoms with Crippen molar-refractivity contribution in [1.82, 2.24) is 3.90 Å². The van der Waals surface area contributed by atoms with Gasteiger partial charge in [0.15, 0.2) is 14.8 Å². The van der Waals surface area contributed by atoms with Gasteiger partial charge in [0.25, 0.3) is 0 Å². The van der Waals surface area contributed by atoms with Gasteiger partial charge in [-0.05, 0) is 25.9 Å². The molecule has 0 spiro atoms. The van der Waals surface area contributed by atoms with E-state index in [-0.39, 0.29) is 62.9 Å². The van der Waals surface area contributed by atoms with Crippen molar-refractivity contribution in [1.29, 1.82) is 0 Å². The first kappa shape index (κ1) is 81.9. The Morgan fingerprint density at radius 1 is 0.542 bits per heavy atom. The summed E-state index contributed by atoms with van der Waals surface area (Å²) in [5.41, 5.74) is 0. The maximum atomic E-state index is 5.95. The molecule has 3 nitrogen and oxygen atoms in total. The second kappa shape index (κ2) is 37.8. The van der Waals surface area contributed by atoms with Crippen molar-refractivity contribution in [2.24, 2.45) is 0 Å². The van der Waals surface area contributed by atoms with Crippen LogP contribution >= 0.6 is 55.9 Å². The van der Waals surface area contributed by atoms with Crippen molar-refractivity contribution >= 4 is 142 Å². The van der Waals surface area contributed by atoms with Crippen molar-refractivity contribution in [3.8, 4) is 0 Å². The molecule has 1 heterocycles. The number of halogens is 5. The average molecular weight is 1080 g/mol. The topological polar surface area (TPSA) is 26.6 Å². The van der Waals surface area contributed by atoms with Crippen molar-refractivity contribution in [2.45, 2.75) is 151 Å². The molecule has 18 heteroatoms. The first-order valence-electron chi connectivity index (χ1n) is 19.1. The number of ether oxygens (including phenoxy) is 1. The van der Waals surface area contributed by atoms with E-state index >= 15 is 0 Å². The molecule has 0 aliphatic carbocycles. The van der Waals surface area contributed by atoms with Crippen LogP contribution in [0, 0.1) is 0 Å². The van der Waals surface area contributed by atoms with Gasteiger partial charge in [0.2, 0.25) is 6.69 Å². The number of hydrogen-bond donors (Lipinski definition) is 0. The Kier molecular flexibility index (Phi) is 52.5. The van der Waals surface area contributed by atoms with Crippen LogP contribution < -0.4 is 29.6 Å². The monoisotopic (exact) mass is 1080 g/mol. The van der Waals surface area contributed by atoms with Gasteiger partial charge in [-0.15, -0.1) is 22.2 Å². The molecule has 0 amide bonds. The summed E-state index contributed by atoms with van der Waals surface area (Å²) in [6.45, 7) is 75.0. The zero-order valence-corrected chi connectivity index (χ0v) is 56.9. The van der Waals surface area contributed by atoms with Crippen molar-refractivity contribution < 1.29 is 37.1 Å². The summed E-state index contributed by atoms with van der Waals surface area (Å²) in [4.78, 5) is 0. The predicted octanol–water partition coefficient (Wildman–Crippen LogP) is 15.3. The minimum absolute atomic E-state index is 0. The second-order valence-corrected chi connectivity index (χ2v) is 66.1. The fourth-order valence-electron chi connectivity index (χ4n) is 5.08. The summed E-state index contributed by atoms with van der Waals surface area (Å²) in [5, 5.41) is 3.76. The van der Waals surface area contributed by atoms with Gasteiger partial charge in [-0.1, -0.05) is 246 Å². The van der Waals surface area contributed by atoms with Crippen molar-refractivity contribution in [3.63, 3.8) is 0 Å². The normalized spacial score (nSPS) is 12.5. The molecule has 0 aromatic carbocycles. The van der Waals surface area contributed by atoms with E-state index < -0.39 is 62.6 Å². The summed E-state index contributed by atoms with van der Waals surface area (Å²) >= 11 is 27.9. The number of allylic oxidation sites excluding steroid dienone is 8. The quantitative estimate of drug-likeness (QED) is 0.111. The zero-order valence-electron chi connectivity index (χ0n) is 43.7. The van der Waals surface area contributed by atoms with Gasteiger partial charge in [-0.25, -0.2) is 0 Å². The van der Waals surface area contributed by atoms with Gasteiger partial charge in [-0.2, -0.15) is 22.2 Å². The van der Waals surface area contributed by atoms with Gasteiger partial charge in [0.05, 0.1) is 0 Å². The molecular weight excluding hydrogens is 986 g/mol. The van der Waals surface area contributed by atoms with Crippen LogP contribution in [0.1, 0.15) is 23.1 Å². The third-order valence-electron chi connectivity index (χ3n) is 6.67. The van der Waals surface area contributed by atoms with Gasteiger partial charge in [0.1, 0.15) is 24.7 Å². The molecule has 1 aliphatic heterocycles. The van der Waals surface area contributed by atoms with E-state index in [1.54, 1.807) is 12.2 Å². The summed E-state index contributed by atoms with van der Waals surface area (Å²) in [6.07, 6.45) is 9.49. The third kappa shape index (κ3) is 62.9. The molecule has 0 N–H and O–H groups in total. The molecule has 0 radical (unpaired) electrons. The third-order valence-corrected chi connectivity index (χ3v) is 34.1.